The molecule has 108 valence electrons. The predicted octanol–water partition coefficient (Wildman–Crippen LogP) is 3.22. The van der Waals surface area contributed by atoms with Gasteiger partial charge in [-0.05, 0) is 43.3 Å². The van der Waals surface area contributed by atoms with E-state index in [0.717, 1.165) is 22.5 Å². The van der Waals surface area contributed by atoms with E-state index in [0.29, 0.717) is 5.95 Å². The maximum absolute atomic E-state index is 6.01. The quantitative estimate of drug-likeness (QED) is 0.798. The molecule has 5 nitrogen and oxygen atoms in total. The lowest BCUT2D eigenvalue weighted by Crippen LogP contribution is -2.14. The highest BCUT2D eigenvalue weighted by atomic mass is 16.5. The molecule has 1 unspecified atom stereocenters. The van der Waals surface area contributed by atoms with E-state index >= 15 is 0 Å². The number of hydrogen-bond donors (Lipinski definition) is 1. The summed E-state index contributed by atoms with van der Waals surface area (Å²) >= 11 is 0. The van der Waals surface area contributed by atoms with Crippen LogP contribution in [0.2, 0.25) is 0 Å². The van der Waals surface area contributed by atoms with Crippen LogP contribution >= 0.6 is 0 Å². The third kappa shape index (κ3) is 2.50. The summed E-state index contributed by atoms with van der Waals surface area (Å²) in [6, 6.07) is 15.3. The Morgan fingerprint density at radius 2 is 1.71 bits per heavy atom. The normalized spacial score (nSPS) is 12.3. The number of nitrogens with two attached hydrogens (primary N) is 1. The maximum atomic E-state index is 6.01. The number of nitrogen functional groups attached to an aromatic ring is 1. The van der Waals surface area contributed by atoms with Crippen molar-refractivity contribution in [1.29, 1.82) is 0 Å². The summed E-state index contributed by atoms with van der Waals surface area (Å²) in [6.07, 6.45) is -0.259. The molecule has 0 aliphatic carbocycles. The number of benzene rings is 2. The summed E-state index contributed by atoms with van der Waals surface area (Å²) in [5.74, 6) is 1.99. The van der Waals surface area contributed by atoms with Crippen LogP contribution in [-0.4, -0.2) is 16.7 Å². The van der Waals surface area contributed by atoms with Crippen molar-refractivity contribution in [2.75, 3.05) is 12.8 Å². The zero-order valence-corrected chi connectivity index (χ0v) is 12.0. The van der Waals surface area contributed by atoms with Crippen LogP contribution in [0.1, 0.15) is 13.2 Å². The van der Waals surface area contributed by atoms with Gasteiger partial charge in [0.1, 0.15) is 11.5 Å². The molecular weight excluding hydrogens is 266 g/mol. The number of anilines is 1. The number of nitrogens with zero attached hydrogens (tertiary/aromatic N) is 2. The van der Waals surface area contributed by atoms with Gasteiger partial charge >= 0.3 is 0 Å². The largest absolute Gasteiger partial charge is 0.497 e. The van der Waals surface area contributed by atoms with Gasteiger partial charge in [0.25, 0.3) is 0 Å². The van der Waals surface area contributed by atoms with Crippen LogP contribution in [-0.2, 0) is 0 Å². The Bertz CT molecular complexity index is 750. The Kier molecular flexibility index (Phi) is 3.39. The lowest BCUT2D eigenvalue weighted by atomic mass is 10.3. The Balaban J connectivity index is 1.89. The first kappa shape index (κ1) is 13.3. The molecule has 0 saturated heterocycles. The number of fused-ring (bicyclic) bond motifs is 1. The molecule has 1 atom stereocenters. The topological polar surface area (TPSA) is 62.3 Å². The van der Waals surface area contributed by atoms with Crippen molar-refractivity contribution in [2.24, 2.45) is 0 Å². The molecule has 0 spiro atoms. The smallest absolute Gasteiger partial charge is 0.204 e. The van der Waals surface area contributed by atoms with Crippen molar-refractivity contribution in [2.45, 2.75) is 13.2 Å². The number of methoxy groups -OCH3 is 1. The number of hydrogen-bond acceptors (Lipinski definition) is 4. The molecule has 2 N–H and O–H groups in total. The van der Waals surface area contributed by atoms with Crippen molar-refractivity contribution in [3.63, 3.8) is 0 Å². The number of aromatic nitrogens is 2. The standard InChI is InChI=1S/C16H17N3O2/c1-11(21-13-9-7-12(20-2)8-10-13)19-15-6-4-3-5-14(15)18-16(19)17/h3-11H,1-2H3,(H2,17,18). The summed E-state index contributed by atoms with van der Waals surface area (Å²) in [6.45, 7) is 1.94. The van der Waals surface area contributed by atoms with Gasteiger partial charge in [-0.1, -0.05) is 12.1 Å². The number of imidazole rings is 1. The van der Waals surface area contributed by atoms with Gasteiger partial charge in [0, 0.05) is 0 Å². The molecule has 5 heteroatoms. The zero-order valence-electron chi connectivity index (χ0n) is 12.0. The van der Waals surface area contributed by atoms with Crippen LogP contribution in [0.4, 0.5) is 5.95 Å². The van der Waals surface area contributed by atoms with Gasteiger partial charge in [0.05, 0.1) is 18.1 Å². The molecule has 0 amide bonds. The van der Waals surface area contributed by atoms with E-state index in [4.69, 9.17) is 15.2 Å². The second-order valence-corrected chi connectivity index (χ2v) is 4.72. The van der Waals surface area contributed by atoms with Crippen LogP contribution in [0.15, 0.2) is 48.5 Å². The molecular formula is C16H17N3O2. The fraction of sp³-hybridized carbons (Fsp3) is 0.188. The molecule has 21 heavy (non-hydrogen) atoms. The van der Waals surface area contributed by atoms with Crippen molar-refractivity contribution in [3.05, 3.63) is 48.5 Å². The molecule has 3 aromatic rings. The summed E-state index contributed by atoms with van der Waals surface area (Å²) in [4.78, 5) is 4.34. The minimum atomic E-state index is -0.259. The number of rotatable bonds is 4. The van der Waals surface area contributed by atoms with Gasteiger partial charge in [-0.25, -0.2) is 4.98 Å². The zero-order chi connectivity index (χ0) is 14.8. The van der Waals surface area contributed by atoms with Gasteiger partial charge in [0.15, 0.2) is 6.23 Å². The number of ether oxygens (including phenoxy) is 2. The lowest BCUT2D eigenvalue weighted by molar-refractivity contribution is 0.159. The van der Waals surface area contributed by atoms with Crippen LogP contribution in [0.25, 0.3) is 11.0 Å². The Hall–Kier alpha value is -2.69. The first-order chi connectivity index (χ1) is 10.2. The van der Waals surface area contributed by atoms with Crippen molar-refractivity contribution < 1.29 is 9.47 Å². The lowest BCUT2D eigenvalue weighted by Gasteiger charge is -2.18. The molecule has 0 aliphatic rings. The van der Waals surface area contributed by atoms with E-state index in [9.17, 15) is 0 Å². The van der Waals surface area contributed by atoms with E-state index in [1.165, 1.54) is 0 Å². The Morgan fingerprint density at radius 3 is 2.43 bits per heavy atom. The minimum Gasteiger partial charge on any atom is -0.497 e. The molecule has 0 aliphatic heterocycles. The van der Waals surface area contributed by atoms with E-state index < -0.39 is 0 Å². The fourth-order valence-corrected chi connectivity index (χ4v) is 2.35. The molecule has 3 rings (SSSR count). The molecule has 2 aromatic carbocycles. The fourth-order valence-electron chi connectivity index (χ4n) is 2.35. The molecule has 0 bridgehead atoms. The van der Waals surface area contributed by atoms with Gasteiger partial charge in [-0.3, -0.25) is 4.57 Å². The Labute approximate surface area is 122 Å². The summed E-state index contributed by atoms with van der Waals surface area (Å²) in [5, 5.41) is 0. The van der Waals surface area contributed by atoms with Gasteiger partial charge in [-0.15, -0.1) is 0 Å². The highest BCUT2D eigenvalue weighted by Gasteiger charge is 2.14. The third-order valence-corrected chi connectivity index (χ3v) is 3.35. The van der Waals surface area contributed by atoms with Gasteiger partial charge in [-0.2, -0.15) is 0 Å². The summed E-state index contributed by atoms with van der Waals surface area (Å²) < 4.78 is 12.9. The van der Waals surface area contributed by atoms with E-state index in [1.807, 2.05) is 60.0 Å². The van der Waals surface area contributed by atoms with Crippen LogP contribution in [0.3, 0.4) is 0 Å². The molecule has 0 saturated carbocycles. The molecule has 0 fully saturated rings. The Morgan fingerprint density at radius 1 is 1.05 bits per heavy atom. The average molecular weight is 283 g/mol. The van der Waals surface area contributed by atoms with Crippen LogP contribution in [0.5, 0.6) is 11.5 Å². The summed E-state index contributed by atoms with van der Waals surface area (Å²) in [7, 11) is 1.64. The van der Waals surface area contributed by atoms with Crippen molar-refractivity contribution in [1.82, 2.24) is 9.55 Å². The van der Waals surface area contributed by atoms with Crippen molar-refractivity contribution >= 4 is 17.0 Å². The van der Waals surface area contributed by atoms with E-state index in [1.54, 1.807) is 7.11 Å². The second kappa shape index (κ2) is 5.36. The van der Waals surface area contributed by atoms with Crippen molar-refractivity contribution in [3.8, 4) is 11.5 Å². The first-order valence-electron chi connectivity index (χ1n) is 6.72. The highest BCUT2D eigenvalue weighted by molar-refractivity contribution is 5.78. The minimum absolute atomic E-state index is 0.259. The van der Waals surface area contributed by atoms with Gasteiger partial charge < -0.3 is 15.2 Å². The highest BCUT2D eigenvalue weighted by Crippen LogP contribution is 2.26. The van der Waals surface area contributed by atoms with E-state index in [-0.39, 0.29) is 6.23 Å². The molecule has 1 heterocycles. The summed E-state index contributed by atoms with van der Waals surface area (Å²) in [5.41, 5.74) is 7.82. The van der Waals surface area contributed by atoms with Crippen LogP contribution in [0, 0.1) is 0 Å². The number of para-hydroxylation sites is 2. The first-order valence-corrected chi connectivity index (χ1v) is 6.72. The average Bonchev–Trinajstić information content (AvgIpc) is 2.83. The third-order valence-electron chi connectivity index (χ3n) is 3.35. The van der Waals surface area contributed by atoms with E-state index in [2.05, 4.69) is 4.98 Å². The van der Waals surface area contributed by atoms with Crippen LogP contribution < -0.4 is 15.2 Å². The molecule has 1 aromatic heterocycles. The SMILES string of the molecule is COc1ccc(OC(C)n2c(N)nc3ccccc32)cc1. The predicted molar refractivity (Wildman–Crippen MR) is 82.5 cm³/mol. The second-order valence-electron chi connectivity index (χ2n) is 4.72. The monoisotopic (exact) mass is 283 g/mol. The van der Waals surface area contributed by atoms with Gasteiger partial charge in [0.2, 0.25) is 5.95 Å². The molecule has 0 radical (unpaired) electrons. The maximum Gasteiger partial charge on any atom is 0.204 e.